The van der Waals surface area contributed by atoms with Crippen LogP contribution < -0.4 is 5.73 Å². The van der Waals surface area contributed by atoms with Crippen molar-refractivity contribution in [2.75, 3.05) is 0 Å². The van der Waals surface area contributed by atoms with Gasteiger partial charge < -0.3 is 10.3 Å². The molecule has 2 rings (SSSR count). The van der Waals surface area contributed by atoms with Crippen LogP contribution in [0.1, 0.15) is 25.8 Å². The van der Waals surface area contributed by atoms with Crippen LogP contribution in [0.2, 0.25) is 5.02 Å². The second kappa shape index (κ2) is 5.04. The standard InChI is InChI=1S/C12H13ClFN3O/c1-6(2)10(15)12-16-11(17-18-12)7-3-4-9(14)8(13)5-7/h3-6,10H,15H2,1-2H3/t10-/m0/s1. The van der Waals surface area contributed by atoms with Crippen LogP contribution in [0.15, 0.2) is 22.7 Å². The minimum Gasteiger partial charge on any atom is -0.337 e. The first-order chi connectivity index (χ1) is 8.49. The van der Waals surface area contributed by atoms with Gasteiger partial charge in [0.15, 0.2) is 0 Å². The Balaban J connectivity index is 2.32. The summed E-state index contributed by atoms with van der Waals surface area (Å²) >= 11 is 5.70. The Morgan fingerprint density at radius 3 is 2.72 bits per heavy atom. The predicted octanol–water partition coefficient (Wildman–Crippen LogP) is 3.18. The molecule has 0 spiro atoms. The summed E-state index contributed by atoms with van der Waals surface area (Å²) < 4.78 is 18.1. The lowest BCUT2D eigenvalue weighted by molar-refractivity contribution is 0.325. The molecule has 1 atom stereocenters. The molecule has 0 saturated carbocycles. The summed E-state index contributed by atoms with van der Waals surface area (Å²) in [6.07, 6.45) is 0. The van der Waals surface area contributed by atoms with Crippen LogP contribution >= 0.6 is 11.6 Å². The minimum absolute atomic E-state index is 0.0204. The molecular weight excluding hydrogens is 257 g/mol. The van der Waals surface area contributed by atoms with Gasteiger partial charge in [0.2, 0.25) is 11.7 Å². The molecule has 0 saturated heterocycles. The molecule has 1 heterocycles. The van der Waals surface area contributed by atoms with Gasteiger partial charge in [-0.15, -0.1) is 0 Å². The highest BCUT2D eigenvalue weighted by Gasteiger charge is 2.18. The van der Waals surface area contributed by atoms with Crippen molar-refractivity contribution < 1.29 is 8.91 Å². The normalized spacial score (nSPS) is 13.0. The van der Waals surface area contributed by atoms with E-state index < -0.39 is 5.82 Å². The summed E-state index contributed by atoms with van der Waals surface area (Å²) in [5.74, 6) is 0.418. The van der Waals surface area contributed by atoms with E-state index in [9.17, 15) is 4.39 Å². The largest absolute Gasteiger partial charge is 0.337 e. The Bertz CT molecular complexity index is 556. The van der Waals surface area contributed by atoms with E-state index in [1.807, 2.05) is 13.8 Å². The molecule has 0 radical (unpaired) electrons. The van der Waals surface area contributed by atoms with Gasteiger partial charge in [-0.05, 0) is 24.1 Å². The fourth-order valence-corrected chi connectivity index (χ4v) is 1.59. The highest BCUT2D eigenvalue weighted by Crippen LogP contribution is 2.24. The van der Waals surface area contributed by atoms with E-state index in [1.54, 1.807) is 0 Å². The number of nitrogens with two attached hydrogens (primary N) is 1. The summed E-state index contributed by atoms with van der Waals surface area (Å²) in [5, 5.41) is 3.83. The topological polar surface area (TPSA) is 64.9 Å². The number of halogens is 2. The van der Waals surface area contributed by atoms with Crippen molar-refractivity contribution in [2.45, 2.75) is 19.9 Å². The summed E-state index contributed by atoms with van der Waals surface area (Å²) in [5.41, 5.74) is 6.49. The van der Waals surface area contributed by atoms with Crippen molar-refractivity contribution in [1.29, 1.82) is 0 Å². The molecule has 2 aromatic rings. The van der Waals surface area contributed by atoms with Crippen LogP contribution in [0.4, 0.5) is 4.39 Å². The van der Waals surface area contributed by atoms with E-state index in [1.165, 1.54) is 18.2 Å². The Hall–Kier alpha value is -1.46. The Kier molecular flexibility index (Phi) is 3.63. The molecule has 2 N–H and O–H groups in total. The van der Waals surface area contributed by atoms with Crippen molar-refractivity contribution in [3.63, 3.8) is 0 Å². The fourth-order valence-electron chi connectivity index (χ4n) is 1.41. The summed E-state index contributed by atoms with van der Waals surface area (Å²) in [4.78, 5) is 4.19. The number of benzene rings is 1. The predicted molar refractivity (Wildman–Crippen MR) is 66.5 cm³/mol. The van der Waals surface area contributed by atoms with Gasteiger partial charge in [0.05, 0.1) is 11.1 Å². The highest BCUT2D eigenvalue weighted by molar-refractivity contribution is 6.31. The van der Waals surface area contributed by atoms with Crippen LogP contribution in [-0.4, -0.2) is 10.1 Å². The first-order valence-electron chi connectivity index (χ1n) is 5.53. The Morgan fingerprint density at radius 1 is 1.39 bits per heavy atom. The molecule has 0 aliphatic heterocycles. The zero-order valence-electron chi connectivity index (χ0n) is 10.0. The third-order valence-electron chi connectivity index (χ3n) is 2.62. The average Bonchev–Trinajstić information content (AvgIpc) is 2.81. The first kappa shape index (κ1) is 13.0. The molecule has 4 nitrogen and oxygen atoms in total. The number of nitrogens with zero attached hydrogens (tertiary/aromatic N) is 2. The van der Waals surface area contributed by atoms with E-state index >= 15 is 0 Å². The molecule has 18 heavy (non-hydrogen) atoms. The van der Waals surface area contributed by atoms with E-state index in [0.717, 1.165) is 0 Å². The lowest BCUT2D eigenvalue weighted by Gasteiger charge is -2.09. The van der Waals surface area contributed by atoms with Gasteiger partial charge in [0, 0.05) is 5.56 Å². The summed E-state index contributed by atoms with van der Waals surface area (Å²) in [7, 11) is 0. The lowest BCUT2D eigenvalue weighted by atomic mass is 10.1. The molecule has 0 bridgehead atoms. The Morgan fingerprint density at radius 2 is 2.11 bits per heavy atom. The SMILES string of the molecule is CC(C)[C@H](N)c1nc(-c2ccc(F)c(Cl)c2)no1. The van der Waals surface area contributed by atoms with Crippen molar-refractivity contribution in [1.82, 2.24) is 10.1 Å². The second-order valence-electron chi connectivity index (χ2n) is 4.35. The van der Waals surface area contributed by atoms with Crippen LogP contribution in [0, 0.1) is 11.7 Å². The van der Waals surface area contributed by atoms with Crippen LogP contribution in [0.5, 0.6) is 0 Å². The maximum Gasteiger partial charge on any atom is 0.244 e. The molecule has 96 valence electrons. The smallest absolute Gasteiger partial charge is 0.244 e. The number of aromatic nitrogens is 2. The van der Waals surface area contributed by atoms with Crippen LogP contribution in [0.25, 0.3) is 11.4 Å². The molecule has 1 aromatic carbocycles. The molecule has 0 aliphatic rings. The summed E-state index contributed by atoms with van der Waals surface area (Å²) in [6.45, 7) is 3.92. The van der Waals surface area contributed by atoms with E-state index in [0.29, 0.717) is 17.3 Å². The van der Waals surface area contributed by atoms with Gasteiger partial charge in [0.1, 0.15) is 5.82 Å². The maximum atomic E-state index is 13.0. The molecular formula is C12H13ClFN3O. The zero-order valence-corrected chi connectivity index (χ0v) is 10.8. The molecule has 1 aromatic heterocycles. The molecule has 0 fully saturated rings. The van der Waals surface area contributed by atoms with E-state index in [2.05, 4.69) is 10.1 Å². The van der Waals surface area contributed by atoms with Gasteiger partial charge in [-0.3, -0.25) is 0 Å². The monoisotopic (exact) mass is 269 g/mol. The lowest BCUT2D eigenvalue weighted by Crippen LogP contribution is -2.16. The van der Waals surface area contributed by atoms with Crippen LogP contribution in [-0.2, 0) is 0 Å². The van der Waals surface area contributed by atoms with Crippen molar-refractivity contribution in [3.05, 3.63) is 34.9 Å². The van der Waals surface area contributed by atoms with Crippen molar-refractivity contribution >= 4 is 11.6 Å². The second-order valence-corrected chi connectivity index (χ2v) is 4.76. The van der Waals surface area contributed by atoms with Gasteiger partial charge in [-0.2, -0.15) is 4.98 Å². The number of hydrogen-bond donors (Lipinski definition) is 1. The quantitative estimate of drug-likeness (QED) is 0.929. The molecule has 0 aliphatic carbocycles. The fraction of sp³-hybridized carbons (Fsp3) is 0.333. The van der Waals surface area contributed by atoms with Gasteiger partial charge in [-0.25, -0.2) is 4.39 Å². The highest BCUT2D eigenvalue weighted by atomic mass is 35.5. The van der Waals surface area contributed by atoms with Gasteiger partial charge in [0.25, 0.3) is 0 Å². The molecule has 0 unspecified atom stereocenters. The third-order valence-corrected chi connectivity index (χ3v) is 2.91. The van der Waals surface area contributed by atoms with Gasteiger partial charge >= 0.3 is 0 Å². The van der Waals surface area contributed by atoms with E-state index in [4.69, 9.17) is 21.9 Å². The van der Waals surface area contributed by atoms with E-state index in [-0.39, 0.29) is 17.0 Å². The van der Waals surface area contributed by atoms with Crippen molar-refractivity contribution in [2.24, 2.45) is 11.7 Å². The van der Waals surface area contributed by atoms with Crippen molar-refractivity contribution in [3.8, 4) is 11.4 Å². The van der Waals surface area contributed by atoms with Crippen LogP contribution in [0.3, 0.4) is 0 Å². The average molecular weight is 270 g/mol. The third kappa shape index (κ3) is 2.52. The number of hydrogen-bond acceptors (Lipinski definition) is 4. The zero-order chi connectivity index (χ0) is 13.3. The maximum absolute atomic E-state index is 13.0. The first-order valence-corrected chi connectivity index (χ1v) is 5.91. The Labute approximate surface area is 109 Å². The van der Waals surface area contributed by atoms with Gasteiger partial charge in [-0.1, -0.05) is 30.6 Å². The summed E-state index contributed by atoms with van der Waals surface area (Å²) in [6, 6.07) is 3.93. The molecule has 0 amide bonds. The minimum atomic E-state index is -0.483. The molecule has 6 heteroatoms. The number of rotatable bonds is 3.